The van der Waals surface area contributed by atoms with Gasteiger partial charge in [0.2, 0.25) is 0 Å². The summed E-state index contributed by atoms with van der Waals surface area (Å²) in [5.41, 5.74) is 1.88. The maximum atomic E-state index is 14.3. The van der Waals surface area contributed by atoms with Crippen LogP contribution in [0.3, 0.4) is 0 Å². The van der Waals surface area contributed by atoms with Gasteiger partial charge in [0.15, 0.2) is 5.16 Å². The highest BCUT2D eigenvalue weighted by molar-refractivity contribution is 7.98. The van der Waals surface area contributed by atoms with Gasteiger partial charge in [-0.15, -0.1) is 11.3 Å². The molecule has 3 aromatic heterocycles. The highest BCUT2D eigenvalue weighted by Crippen LogP contribution is 2.32. The average molecular weight is 468 g/mol. The molecule has 0 saturated carbocycles. The molecule has 5 rings (SSSR count). The predicted octanol–water partition coefficient (Wildman–Crippen LogP) is 6.14. The first-order valence-corrected chi connectivity index (χ1v) is 11.7. The fourth-order valence-corrected chi connectivity index (χ4v) is 5.73. The fraction of sp³-hybridized carbons (Fsp3) is 0.0870. The molecule has 0 amide bonds. The number of thioether (sulfide) groups is 1. The molecule has 0 aliphatic rings. The molecule has 0 aliphatic carbocycles. The van der Waals surface area contributed by atoms with Gasteiger partial charge in [-0.1, -0.05) is 59.8 Å². The van der Waals surface area contributed by atoms with E-state index in [-0.39, 0.29) is 17.1 Å². The number of rotatable bonds is 5. The van der Waals surface area contributed by atoms with Crippen molar-refractivity contribution in [1.29, 1.82) is 0 Å². The molecule has 0 unspecified atom stereocenters. The Kier molecular flexibility index (Phi) is 5.48. The number of halogens is 2. The number of nitrogens with zero attached hydrogens (tertiary/aromatic N) is 3. The number of benzene rings is 2. The molecule has 8 heteroatoms. The Morgan fingerprint density at radius 3 is 2.71 bits per heavy atom. The van der Waals surface area contributed by atoms with E-state index in [2.05, 4.69) is 4.98 Å². The van der Waals surface area contributed by atoms with Gasteiger partial charge in [0.25, 0.3) is 5.56 Å². The molecule has 0 saturated heterocycles. The molecule has 31 heavy (non-hydrogen) atoms. The lowest BCUT2D eigenvalue weighted by Crippen LogP contribution is -2.23. The molecule has 0 spiro atoms. The topological polar surface area (TPSA) is 47.8 Å². The molecule has 0 N–H and O–H groups in total. The van der Waals surface area contributed by atoms with Crippen molar-refractivity contribution < 1.29 is 4.39 Å². The first-order valence-electron chi connectivity index (χ1n) is 9.49. The van der Waals surface area contributed by atoms with Gasteiger partial charge >= 0.3 is 0 Å². The molecule has 0 bridgehead atoms. The van der Waals surface area contributed by atoms with Crippen molar-refractivity contribution in [3.63, 3.8) is 0 Å². The lowest BCUT2D eigenvalue weighted by molar-refractivity contribution is 0.617. The van der Waals surface area contributed by atoms with Crippen LogP contribution in [0.2, 0.25) is 5.02 Å². The van der Waals surface area contributed by atoms with Gasteiger partial charge in [-0.3, -0.25) is 9.36 Å². The zero-order valence-electron chi connectivity index (χ0n) is 16.1. The molecular weight excluding hydrogens is 453 g/mol. The Labute approximate surface area is 190 Å². The summed E-state index contributed by atoms with van der Waals surface area (Å²) < 4.78 is 16.5. The summed E-state index contributed by atoms with van der Waals surface area (Å²) in [7, 11) is 0. The first kappa shape index (κ1) is 20.2. The minimum absolute atomic E-state index is 0.126. The fourth-order valence-electron chi connectivity index (χ4n) is 3.36. The van der Waals surface area contributed by atoms with Gasteiger partial charge in [-0.25, -0.2) is 14.4 Å². The summed E-state index contributed by atoms with van der Waals surface area (Å²) in [5.74, 6) is -0.110. The monoisotopic (exact) mass is 467 g/mol. The lowest BCUT2D eigenvalue weighted by atomic mass is 10.2. The van der Waals surface area contributed by atoms with Gasteiger partial charge in [0, 0.05) is 27.9 Å². The quantitative estimate of drug-likeness (QED) is 0.230. The van der Waals surface area contributed by atoms with E-state index in [9.17, 15) is 9.18 Å². The van der Waals surface area contributed by atoms with Gasteiger partial charge in [0.1, 0.15) is 15.3 Å². The van der Waals surface area contributed by atoms with E-state index >= 15 is 0 Å². The summed E-state index contributed by atoms with van der Waals surface area (Å²) in [5, 5.41) is 1.72. The van der Waals surface area contributed by atoms with Gasteiger partial charge in [-0.2, -0.15) is 0 Å². The SMILES string of the molecule is O=c1c2sc3ncccc3c2nc(SCc2c(F)cccc2Cl)n1Cc1ccccc1. The second-order valence-electron chi connectivity index (χ2n) is 6.90. The third-order valence-electron chi connectivity index (χ3n) is 4.91. The Morgan fingerprint density at radius 2 is 1.90 bits per heavy atom. The molecular formula is C23H15ClFN3OS2. The van der Waals surface area contributed by atoms with Crippen molar-refractivity contribution in [3.8, 4) is 0 Å². The van der Waals surface area contributed by atoms with Crippen molar-refractivity contribution in [2.75, 3.05) is 0 Å². The Hall–Kier alpha value is -2.74. The van der Waals surface area contributed by atoms with Gasteiger partial charge in [-0.05, 0) is 29.8 Å². The molecule has 2 aromatic carbocycles. The molecule has 4 nitrogen and oxygen atoms in total. The van der Waals surface area contributed by atoms with E-state index in [4.69, 9.17) is 16.6 Å². The third-order valence-corrected chi connectivity index (χ3v) is 7.36. The number of thiophene rings is 1. The number of fused-ring (bicyclic) bond motifs is 3. The molecule has 3 heterocycles. The van der Waals surface area contributed by atoms with Crippen molar-refractivity contribution in [2.45, 2.75) is 17.5 Å². The lowest BCUT2D eigenvalue weighted by Gasteiger charge is -2.13. The second-order valence-corrected chi connectivity index (χ2v) is 9.24. The minimum atomic E-state index is -0.372. The number of hydrogen-bond acceptors (Lipinski definition) is 5. The van der Waals surface area contributed by atoms with Crippen LogP contribution in [0.4, 0.5) is 4.39 Å². The van der Waals surface area contributed by atoms with Crippen molar-refractivity contribution in [2.24, 2.45) is 0 Å². The van der Waals surface area contributed by atoms with E-state index in [0.717, 1.165) is 15.8 Å². The predicted molar refractivity (Wildman–Crippen MR) is 126 cm³/mol. The maximum absolute atomic E-state index is 14.3. The highest BCUT2D eigenvalue weighted by Gasteiger charge is 2.18. The molecule has 5 aromatic rings. The highest BCUT2D eigenvalue weighted by atomic mass is 35.5. The van der Waals surface area contributed by atoms with Crippen LogP contribution in [0.1, 0.15) is 11.1 Å². The zero-order valence-corrected chi connectivity index (χ0v) is 18.5. The van der Waals surface area contributed by atoms with Crippen LogP contribution in [0, 0.1) is 5.82 Å². The first-order chi connectivity index (χ1) is 15.1. The smallest absolute Gasteiger partial charge is 0.272 e. The van der Waals surface area contributed by atoms with E-state index in [0.29, 0.717) is 32.5 Å². The Morgan fingerprint density at radius 1 is 1.06 bits per heavy atom. The number of hydrogen-bond donors (Lipinski definition) is 0. The molecule has 0 atom stereocenters. The van der Waals surface area contributed by atoms with Crippen molar-refractivity contribution >= 4 is 55.1 Å². The molecule has 154 valence electrons. The van der Waals surface area contributed by atoms with Crippen LogP contribution in [-0.2, 0) is 12.3 Å². The van der Waals surface area contributed by atoms with Crippen LogP contribution in [0.25, 0.3) is 20.4 Å². The Bertz CT molecular complexity index is 1450. The van der Waals surface area contributed by atoms with Crippen LogP contribution in [0.5, 0.6) is 0 Å². The van der Waals surface area contributed by atoms with E-state index in [1.54, 1.807) is 22.9 Å². The van der Waals surface area contributed by atoms with Crippen LogP contribution in [0.15, 0.2) is 76.8 Å². The van der Waals surface area contributed by atoms with Gasteiger partial charge < -0.3 is 0 Å². The average Bonchev–Trinajstić information content (AvgIpc) is 3.15. The summed E-state index contributed by atoms with van der Waals surface area (Å²) in [4.78, 5) is 23.4. The normalized spacial score (nSPS) is 11.4. The molecule has 0 fully saturated rings. The summed E-state index contributed by atoms with van der Waals surface area (Å²) in [6.07, 6.45) is 1.70. The second kappa shape index (κ2) is 8.42. The standard InChI is InChI=1S/C23H15ClFN3OS2/c24-17-9-4-10-18(25)16(17)13-30-23-27-19-15-8-5-11-26-21(15)31-20(19)22(29)28(23)12-14-6-2-1-3-7-14/h1-11H,12-13H2. The van der Waals surface area contributed by atoms with E-state index in [1.807, 2.05) is 42.5 Å². The van der Waals surface area contributed by atoms with Gasteiger partial charge in [0.05, 0.1) is 12.1 Å². The molecule has 0 radical (unpaired) electrons. The maximum Gasteiger partial charge on any atom is 0.272 e. The van der Waals surface area contributed by atoms with Crippen LogP contribution < -0.4 is 5.56 Å². The van der Waals surface area contributed by atoms with Crippen molar-refractivity contribution in [1.82, 2.24) is 14.5 Å². The third kappa shape index (κ3) is 3.84. The largest absolute Gasteiger partial charge is 0.282 e. The Balaban J connectivity index is 1.65. The number of pyridine rings is 1. The number of aromatic nitrogens is 3. The van der Waals surface area contributed by atoms with E-state index in [1.165, 1.54) is 29.2 Å². The summed E-state index contributed by atoms with van der Waals surface area (Å²) in [6, 6.07) is 18.1. The summed E-state index contributed by atoms with van der Waals surface area (Å²) >= 11 is 8.85. The van der Waals surface area contributed by atoms with Crippen molar-refractivity contribution in [3.05, 3.63) is 99.2 Å². The summed E-state index contributed by atoms with van der Waals surface area (Å²) in [6.45, 7) is 0.373. The zero-order chi connectivity index (χ0) is 21.4. The van der Waals surface area contributed by atoms with Crippen LogP contribution >= 0.6 is 34.7 Å². The van der Waals surface area contributed by atoms with E-state index < -0.39 is 0 Å². The molecule has 0 aliphatic heterocycles. The minimum Gasteiger partial charge on any atom is -0.282 e. The van der Waals surface area contributed by atoms with Crippen LogP contribution in [-0.4, -0.2) is 14.5 Å².